The van der Waals surface area contributed by atoms with Crippen molar-refractivity contribution in [2.75, 3.05) is 6.61 Å². The first-order valence-corrected chi connectivity index (χ1v) is 6.27. The molecule has 0 saturated heterocycles. The number of hydrogen-bond acceptors (Lipinski definition) is 2. The standard InChI is InChI=1S/C13H26O3/c1-13(2,3)16-11-9-7-5-4-6-8-10-12(14)15/h4-11H2,1-3H3,(H,14,15). The number of hydrogen-bond donors (Lipinski definition) is 1. The second kappa shape index (κ2) is 8.57. The van der Waals surface area contributed by atoms with Crippen molar-refractivity contribution in [2.45, 2.75) is 71.3 Å². The molecule has 3 nitrogen and oxygen atoms in total. The number of carboxylic acid groups (broad SMARTS) is 1. The largest absolute Gasteiger partial charge is 0.481 e. The van der Waals surface area contributed by atoms with Gasteiger partial charge >= 0.3 is 5.97 Å². The Hall–Kier alpha value is -0.570. The van der Waals surface area contributed by atoms with Gasteiger partial charge in [-0.1, -0.05) is 25.7 Å². The number of ether oxygens (including phenoxy) is 1. The number of rotatable bonds is 9. The quantitative estimate of drug-likeness (QED) is 0.615. The number of aliphatic carboxylic acids is 1. The van der Waals surface area contributed by atoms with Crippen molar-refractivity contribution in [3.05, 3.63) is 0 Å². The maximum Gasteiger partial charge on any atom is 0.303 e. The summed E-state index contributed by atoms with van der Waals surface area (Å²) in [7, 11) is 0. The van der Waals surface area contributed by atoms with E-state index in [0.717, 1.165) is 32.3 Å². The highest BCUT2D eigenvalue weighted by Gasteiger charge is 2.08. The van der Waals surface area contributed by atoms with Crippen LogP contribution in [-0.2, 0) is 9.53 Å². The van der Waals surface area contributed by atoms with Crippen molar-refractivity contribution >= 4 is 5.97 Å². The zero-order valence-corrected chi connectivity index (χ0v) is 10.9. The van der Waals surface area contributed by atoms with Gasteiger partial charge in [-0.2, -0.15) is 0 Å². The topological polar surface area (TPSA) is 46.5 Å². The first-order chi connectivity index (χ1) is 7.42. The van der Waals surface area contributed by atoms with E-state index >= 15 is 0 Å². The Morgan fingerprint density at radius 2 is 1.50 bits per heavy atom. The van der Waals surface area contributed by atoms with Gasteiger partial charge in [0.2, 0.25) is 0 Å². The second-order valence-electron chi connectivity index (χ2n) is 5.23. The summed E-state index contributed by atoms with van der Waals surface area (Å²) in [6.45, 7) is 7.04. The zero-order chi connectivity index (χ0) is 12.4. The van der Waals surface area contributed by atoms with E-state index < -0.39 is 5.97 Å². The smallest absolute Gasteiger partial charge is 0.303 e. The van der Waals surface area contributed by atoms with Crippen molar-refractivity contribution < 1.29 is 14.6 Å². The molecule has 0 aromatic carbocycles. The van der Waals surface area contributed by atoms with E-state index in [9.17, 15) is 4.79 Å². The molecule has 0 fully saturated rings. The third-order valence-electron chi connectivity index (χ3n) is 2.32. The summed E-state index contributed by atoms with van der Waals surface area (Å²) in [4.78, 5) is 10.3. The van der Waals surface area contributed by atoms with E-state index in [0.29, 0.717) is 6.42 Å². The molecule has 0 aliphatic heterocycles. The van der Waals surface area contributed by atoms with E-state index in [1.807, 2.05) is 0 Å². The maximum absolute atomic E-state index is 10.3. The Morgan fingerprint density at radius 3 is 2.00 bits per heavy atom. The van der Waals surface area contributed by atoms with Gasteiger partial charge in [0.05, 0.1) is 5.60 Å². The van der Waals surface area contributed by atoms with Crippen molar-refractivity contribution in [3.63, 3.8) is 0 Å². The molecule has 0 heterocycles. The lowest BCUT2D eigenvalue weighted by Crippen LogP contribution is -2.19. The van der Waals surface area contributed by atoms with Gasteiger partial charge in [0.25, 0.3) is 0 Å². The Morgan fingerprint density at radius 1 is 1.00 bits per heavy atom. The molecule has 0 radical (unpaired) electrons. The summed E-state index contributed by atoms with van der Waals surface area (Å²) in [5.74, 6) is -0.682. The average Bonchev–Trinajstić information content (AvgIpc) is 2.13. The van der Waals surface area contributed by atoms with Crippen LogP contribution in [0.2, 0.25) is 0 Å². The summed E-state index contributed by atoms with van der Waals surface area (Å²) in [5, 5.41) is 8.45. The molecule has 0 amide bonds. The lowest BCUT2D eigenvalue weighted by Gasteiger charge is -2.19. The normalized spacial score (nSPS) is 11.7. The summed E-state index contributed by atoms with van der Waals surface area (Å²) in [6, 6.07) is 0. The summed E-state index contributed by atoms with van der Waals surface area (Å²) >= 11 is 0. The molecular formula is C13H26O3. The van der Waals surface area contributed by atoms with Crippen LogP contribution in [0.15, 0.2) is 0 Å². The Balaban J connectivity index is 3.07. The van der Waals surface area contributed by atoms with Gasteiger partial charge in [-0.15, -0.1) is 0 Å². The molecule has 0 aliphatic rings. The van der Waals surface area contributed by atoms with Crippen LogP contribution in [0.3, 0.4) is 0 Å². The van der Waals surface area contributed by atoms with Gasteiger partial charge in [0, 0.05) is 13.0 Å². The van der Waals surface area contributed by atoms with Gasteiger partial charge < -0.3 is 9.84 Å². The van der Waals surface area contributed by atoms with Crippen molar-refractivity contribution in [1.29, 1.82) is 0 Å². The summed E-state index contributed by atoms with van der Waals surface area (Å²) in [6.07, 6.45) is 6.78. The fraction of sp³-hybridized carbons (Fsp3) is 0.923. The van der Waals surface area contributed by atoms with E-state index in [1.54, 1.807) is 0 Å². The van der Waals surface area contributed by atoms with E-state index in [1.165, 1.54) is 12.8 Å². The highest BCUT2D eigenvalue weighted by Crippen LogP contribution is 2.10. The Bertz CT molecular complexity index is 182. The Labute approximate surface area is 99.2 Å². The van der Waals surface area contributed by atoms with Crippen LogP contribution in [-0.4, -0.2) is 23.3 Å². The zero-order valence-electron chi connectivity index (χ0n) is 10.9. The fourth-order valence-electron chi connectivity index (χ4n) is 1.46. The molecule has 0 saturated carbocycles. The molecule has 0 atom stereocenters. The lowest BCUT2D eigenvalue weighted by atomic mass is 10.1. The highest BCUT2D eigenvalue weighted by atomic mass is 16.5. The Kier molecular flexibility index (Phi) is 8.26. The van der Waals surface area contributed by atoms with Gasteiger partial charge in [0.1, 0.15) is 0 Å². The van der Waals surface area contributed by atoms with Crippen LogP contribution < -0.4 is 0 Å². The molecule has 0 unspecified atom stereocenters. The van der Waals surface area contributed by atoms with E-state index in [2.05, 4.69) is 20.8 Å². The minimum Gasteiger partial charge on any atom is -0.481 e. The summed E-state index contributed by atoms with van der Waals surface area (Å²) in [5.41, 5.74) is -0.0263. The van der Waals surface area contributed by atoms with Gasteiger partial charge in [0.15, 0.2) is 0 Å². The van der Waals surface area contributed by atoms with Crippen LogP contribution in [0, 0.1) is 0 Å². The summed E-state index contributed by atoms with van der Waals surface area (Å²) < 4.78 is 5.61. The van der Waals surface area contributed by atoms with E-state index in [4.69, 9.17) is 9.84 Å². The predicted molar refractivity (Wildman–Crippen MR) is 65.7 cm³/mol. The molecule has 0 aliphatic carbocycles. The molecule has 3 heteroatoms. The predicted octanol–water partition coefficient (Wildman–Crippen LogP) is 3.62. The van der Waals surface area contributed by atoms with Gasteiger partial charge in [-0.3, -0.25) is 4.79 Å². The van der Waals surface area contributed by atoms with Crippen LogP contribution in [0.4, 0.5) is 0 Å². The minimum absolute atomic E-state index is 0.0263. The highest BCUT2D eigenvalue weighted by molar-refractivity contribution is 5.66. The molecule has 0 spiro atoms. The number of carbonyl (C=O) groups is 1. The van der Waals surface area contributed by atoms with Crippen molar-refractivity contribution in [3.8, 4) is 0 Å². The second-order valence-corrected chi connectivity index (χ2v) is 5.23. The molecule has 0 aromatic rings. The monoisotopic (exact) mass is 230 g/mol. The van der Waals surface area contributed by atoms with Crippen LogP contribution in [0.1, 0.15) is 65.7 Å². The van der Waals surface area contributed by atoms with Crippen LogP contribution in [0.25, 0.3) is 0 Å². The average molecular weight is 230 g/mol. The van der Waals surface area contributed by atoms with E-state index in [-0.39, 0.29) is 5.60 Å². The van der Waals surface area contributed by atoms with Crippen LogP contribution >= 0.6 is 0 Å². The minimum atomic E-state index is -0.682. The first kappa shape index (κ1) is 15.4. The molecule has 16 heavy (non-hydrogen) atoms. The van der Waals surface area contributed by atoms with Crippen LogP contribution in [0.5, 0.6) is 0 Å². The molecule has 96 valence electrons. The SMILES string of the molecule is CC(C)(C)OCCCCCCCCC(=O)O. The maximum atomic E-state index is 10.3. The van der Waals surface area contributed by atoms with Gasteiger partial charge in [-0.25, -0.2) is 0 Å². The third kappa shape index (κ3) is 13.4. The first-order valence-electron chi connectivity index (χ1n) is 6.27. The van der Waals surface area contributed by atoms with Crippen molar-refractivity contribution in [2.24, 2.45) is 0 Å². The fourth-order valence-corrected chi connectivity index (χ4v) is 1.46. The molecule has 0 bridgehead atoms. The third-order valence-corrected chi connectivity index (χ3v) is 2.32. The lowest BCUT2D eigenvalue weighted by molar-refractivity contribution is -0.137. The number of unbranched alkanes of at least 4 members (excludes halogenated alkanes) is 5. The molecule has 0 rings (SSSR count). The molecule has 0 aromatic heterocycles. The molecular weight excluding hydrogens is 204 g/mol. The van der Waals surface area contributed by atoms with Crippen molar-refractivity contribution in [1.82, 2.24) is 0 Å². The number of carboxylic acids is 1. The molecule has 1 N–H and O–H groups in total. The van der Waals surface area contributed by atoms with Gasteiger partial charge in [-0.05, 0) is 33.6 Å².